The maximum absolute atomic E-state index is 13.3. The molecule has 0 bridgehead atoms. The molecule has 7 heteroatoms. The van der Waals surface area contributed by atoms with Gasteiger partial charge >= 0.3 is 0 Å². The minimum Gasteiger partial charge on any atom is -0.323 e. The highest BCUT2D eigenvalue weighted by atomic mass is 32.2. The third-order valence-corrected chi connectivity index (χ3v) is 3.85. The predicted octanol–water partition coefficient (Wildman–Crippen LogP) is 2.14. The van der Waals surface area contributed by atoms with Gasteiger partial charge in [0.05, 0.1) is 5.69 Å². The monoisotopic (exact) mass is 290 g/mol. The van der Waals surface area contributed by atoms with Crippen LogP contribution in [0.25, 0.3) is 0 Å². The molecule has 1 aliphatic rings. The fraction of sp³-hybridized carbons (Fsp3) is 0.417. The summed E-state index contributed by atoms with van der Waals surface area (Å²) in [5.41, 5.74) is -0.340. The van der Waals surface area contributed by atoms with Crippen molar-refractivity contribution < 1.29 is 18.0 Å². The molecule has 3 nitrogen and oxygen atoms in total. The molecule has 1 amide bonds. The van der Waals surface area contributed by atoms with Crippen LogP contribution in [0.1, 0.15) is 6.42 Å². The second-order valence-corrected chi connectivity index (χ2v) is 5.37. The van der Waals surface area contributed by atoms with Crippen molar-refractivity contribution in [1.82, 2.24) is 5.32 Å². The Labute approximate surface area is 112 Å². The zero-order valence-corrected chi connectivity index (χ0v) is 10.8. The summed E-state index contributed by atoms with van der Waals surface area (Å²) in [5, 5.41) is 5.42. The van der Waals surface area contributed by atoms with Gasteiger partial charge in [-0.2, -0.15) is 11.8 Å². The lowest BCUT2D eigenvalue weighted by molar-refractivity contribution is -0.116. The summed E-state index contributed by atoms with van der Waals surface area (Å²) in [5.74, 6) is -2.09. The van der Waals surface area contributed by atoms with Crippen molar-refractivity contribution in [2.45, 2.75) is 12.5 Å². The Hall–Kier alpha value is -1.21. The highest BCUT2D eigenvalue weighted by molar-refractivity contribution is 7.99. The summed E-state index contributed by atoms with van der Waals surface area (Å²) >= 11 is 1.73. The predicted molar refractivity (Wildman–Crippen MR) is 68.7 cm³/mol. The van der Waals surface area contributed by atoms with Crippen LogP contribution in [0, 0.1) is 17.5 Å². The van der Waals surface area contributed by atoms with E-state index in [1.165, 1.54) is 0 Å². The Morgan fingerprint density at radius 2 is 2.05 bits per heavy atom. The van der Waals surface area contributed by atoms with Crippen LogP contribution in [0.2, 0.25) is 0 Å². The number of hydrogen-bond acceptors (Lipinski definition) is 3. The van der Waals surface area contributed by atoms with Gasteiger partial charge in [-0.05, 0) is 0 Å². The summed E-state index contributed by atoms with van der Waals surface area (Å²) < 4.78 is 39.0. The molecule has 1 aromatic rings. The summed E-state index contributed by atoms with van der Waals surface area (Å²) in [4.78, 5) is 11.7. The highest BCUT2D eigenvalue weighted by Gasteiger charge is 2.18. The first kappa shape index (κ1) is 14.2. The average molecular weight is 290 g/mol. The molecule has 2 N–H and O–H groups in total. The summed E-state index contributed by atoms with van der Waals surface area (Å²) in [6.45, 7) is 0.822. The molecule has 0 radical (unpaired) electrons. The first-order valence-corrected chi connectivity index (χ1v) is 6.97. The number of anilines is 1. The quantitative estimate of drug-likeness (QED) is 0.838. The summed E-state index contributed by atoms with van der Waals surface area (Å²) in [6, 6.07) is 1.08. The van der Waals surface area contributed by atoms with Crippen molar-refractivity contribution in [2.75, 3.05) is 23.4 Å². The van der Waals surface area contributed by atoms with Gasteiger partial charge in [0.2, 0.25) is 5.91 Å². The van der Waals surface area contributed by atoms with E-state index in [0.29, 0.717) is 12.1 Å². The number of thioether (sulfide) groups is 1. The molecular formula is C12H13F3N2OS. The van der Waals surface area contributed by atoms with Crippen molar-refractivity contribution in [3.8, 4) is 0 Å². The molecule has 0 spiro atoms. The lowest BCUT2D eigenvalue weighted by atomic mass is 10.2. The van der Waals surface area contributed by atoms with Gasteiger partial charge in [0.25, 0.3) is 0 Å². The van der Waals surface area contributed by atoms with Crippen molar-refractivity contribution in [3.63, 3.8) is 0 Å². The molecule has 19 heavy (non-hydrogen) atoms. The Balaban J connectivity index is 1.96. The topological polar surface area (TPSA) is 41.1 Å². The fourth-order valence-electron chi connectivity index (χ4n) is 1.79. The van der Waals surface area contributed by atoms with Crippen LogP contribution >= 0.6 is 11.8 Å². The molecule has 0 aromatic heterocycles. The maximum atomic E-state index is 13.3. The van der Waals surface area contributed by atoms with Gasteiger partial charge in [0.15, 0.2) is 11.6 Å². The van der Waals surface area contributed by atoms with E-state index in [1.807, 2.05) is 0 Å². The molecule has 1 aliphatic heterocycles. The van der Waals surface area contributed by atoms with Gasteiger partial charge < -0.3 is 10.6 Å². The van der Waals surface area contributed by atoms with Crippen molar-refractivity contribution >= 4 is 23.4 Å². The number of halogens is 3. The molecule has 1 aromatic carbocycles. The van der Waals surface area contributed by atoms with Crippen molar-refractivity contribution in [3.05, 3.63) is 29.6 Å². The third-order valence-electron chi connectivity index (χ3n) is 2.71. The zero-order valence-electron chi connectivity index (χ0n) is 10.0. The van der Waals surface area contributed by atoms with Crippen LogP contribution < -0.4 is 10.6 Å². The molecule has 0 aliphatic carbocycles. The molecule has 1 unspecified atom stereocenters. The smallest absolute Gasteiger partial charge is 0.226 e. The normalized spacial score (nSPS) is 19.2. The second-order valence-electron chi connectivity index (χ2n) is 4.22. The Morgan fingerprint density at radius 1 is 1.32 bits per heavy atom. The Kier molecular flexibility index (Phi) is 4.71. The Morgan fingerprint density at radius 3 is 2.74 bits per heavy atom. The van der Waals surface area contributed by atoms with Gasteiger partial charge in [0.1, 0.15) is 5.82 Å². The van der Waals surface area contributed by atoms with Gasteiger partial charge in [-0.3, -0.25) is 4.79 Å². The second kappa shape index (κ2) is 6.29. The lowest BCUT2D eigenvalue weighted by Gasteiger charge is -2.22. The molecule has 104 valence electrons. The van der Waals surface area contributed by atoms with Crippen LogP contribution in [-0.2, 0) is 4.79 Å². The van der Waals surface area contributed by atoms with Gasteiger partial charge in [0, 0.05) is 42.6 Å². The van der Waals surface area contributed by atoms with Crippen molar-refractivity contribution in [1.29, 1.82) is 0 Å². The van der Waals surface area contributed by atoms with E-state index in [-0.39, 0.29) is 18.2 Å². The van der Waals surface area contributed by atoms with Gasteiger partial charge in [-0.15, -0.1) is 0 Å². The molecular weight excluding hydrogens is 277 g/mol. The van der Waals surface area contributed by atoms with Crippen LogP contribution in [0.4, 0.5) is 18.9 Å². The van der Waals surface area contributed by atoms with E-state index in [4.69, 9.17) is 0 Å². The standard InChI is InChI=1S/C12H13F3N2OS/c13-8-4-10(15)11(5-9(8)14)17-12(18)3-7-6-19-2-1-16-7/h4-5,7,16H,1-3,6H2,(H,17,18). The zero-order chi connectivity index (χ0) is 13.8. The van der Waals surface area contributed by atoms with Crippen LogP contribution in [-0.4, -0.2) is 30.0 Å². The van der Waals surface area contributed by atoms with E-state index in [0.717, 1.165) is 18.1 Å². The van der Waals surface area contributed by atoms with Crippen LogP contribution in [0.5, 0.6) is 0 Å². The first-order valence-electron chi connectivity index (χ1n) is 5.82. The molecule has 1 saturated heterocycles. The number of benzene rings is 1. The number of carbonyl (C=O) groups is 1. The number of carbonyl (C=O) groups excluding carboxylic acids is 1. The summed E-state index contributed by atoms with van der Waals surface area (Å²) in [7, 11) is 0. The maximum Gasteiger partial charge on any atom is 0.226 e. The van der Waals surface area contributed by atoms with E-state index in [2.05, 4.69) is 10.6 Å². The largest absolute Gasteiger partial charge is 0.323 e. The summed E-state index contributed by atoms with van der Waals surface area (Å²) in [6.07, 6.45) is 0.172. The van der Waals surface area contributed by atoms with Crippen molar-refractivity contribution in [2.24, 2.45) is 0 Å². The number of hydrogen-bond donors (Lipinski definition) is 2. The highest BCUT2D eigenvalue weighted by Crippen LogP contribution is 2.19. The van der Waals surface area contributed by atoms with Gasteiger partial charge in [-0.25, -0.2) is 13.2 Å². The SMILES string of the molecule is O=C(CC1CSCCN1)Nc1cc(F)c(F)cc1F. The van der Waals surface area contributed by atoms with Gasteiger partial charge in [-0.1, -0.05) is 0 Å². The minimum atomic E-state index is -1.28. The van der Waals surface area contributed by atoms with E-state index in [1.54, 1.807) is 11.8 Å². The average Bonchev–Trinajstić information content (AvgIpc) is 2.37. The number of rotatable bonds is 3. The minimum absolute atomic E-state index is 0.0205. The van der Waals surface area contributed by atoms with E-state index < -0.39 is 23.4 Å². The van der Waals surface area contributed by atoms with E-state index >= 15 is 0 Å². The van der Waals surface area contributed by atoms with Crippen LogP contribution in [0.3, 0.4) is 0 Å². The van der Waals surface area contributed by atoms with E-state index in [9.17, 15) is 18.0 Å². The molecule has 1 fully saturated rings. The molecule has 2 rings (SSSR count). The number of nitrogens with one attached hydrogen (secondary N) is 2. The third kappa shape index (κ3) is 3.87. The fourth-order valence-corrected chi connectivity index (χ4v) is 2.74. The van der Waals surface area contributed by atoms with Crippen LogP contribution in [0.15, 0.2) is 12.1 Å². The number of amides is 1. The first-order chi connectivity index (χ1) is 9.06. The lowest BCUT2D eigenvalue weighted by Crippen LogP contribution is -2.40. The molecule has 0 saturated carbocycles. The molecule has 1 heterocycles. The Bertz CT molecular complexity index is 478. The molecule has 1 atom stereocenters.